The smallest absolute Gasteiger partial charge is 0.414 e. The van der Waals surface area contributed by atoms with E-state index in [2.05, 4.69) is 0 Å². The fourth-order valence-corrected chi connectivity index (χ4v) is 2.36. The molecule has 2 N–H and O–H groups in total. The van der Waals surface area contributed by atoms with Crippen LogP contribution in [0.3, 0.4) is 0 Å². The monoisotopic (exact) mass is 270 g/mol. The summed E-state index contributed by atoms with van der Waals surface area (Å²) in [5.41, 5.74) is 6.03. The Hall–Kier alpha value is -1.60. The highest BCUT2D eigenvalue weighted by Gasteiger charge is 2.31. The molecule has 6 nitrogen and oxygen atoms in total. The molecule has 1 aromatic rings. The van der Waals surface area contributed by atoms with Crippen LogP contribution in [0.2, 0.25) is 0 Å². The van der Waals surface area contributed by atoms with E-state index in [0.717, 1.165) is 6.26 Å². The van der Waals surface area contributed by atoms with Crippen LogP contribution in [-0.2, 0) is 14.6 Å². The summed E-state index contributed by atoms with van der Waals surface area (Å²) in [7, 11) is -3.23. The molecule has 0 aliphatic carbocycles. The molecule has 0 unspecified atom stereocenters. The molecular weight excluding hydrogens is 256 g/mol. The second kappa shape index (κ2) is 4.58. The van der Waals surface area contributed by atoms with E-state index in [1.165, 1.54) is 17.0 Å². The molecule has 1 atom stereocenters. The van der Waals surface area contributed by atoms with Crippen molar-refractivity contribution in [3.8, 4) is 0 Å². The van der Waals surface area contributed by atoms with Crippen LogP contribution in [0.1, 0.15) is 0 Å². The maximum Gasteiger partial charge on any atom is 0.414 e. The maximum absolute atomic E-state index is 11.6. The number of amides is 1. The largest absolute Gasteiger partial charge is 0.443 e. The van der Waals surface area contributed by atoms with E-state index in [1.54, 1.807) is 12.1 Å². The van der Waals surface area contributed by atoms with Gasteiger partial charge in [-0.05, 0) is 24.3 Å². The van der Waals surface area contributed by atoms with Gasteiger partial charge in [-0.25, -0.2) is 13.2 Å². The number of hydrogen-bond donors (Lipinski definition) is 1. The number of nitrogens with zero attached hydrogens (tertiary/aromatic N) is 1. The Balaban J connectivity index is 2.23. The van der Waals surface area contributed by atoms with Crippen LogP contribution in [0.5, 0.6) is 0 Å². The molecule has 1 aliphatic heterocycles. The number of carbonyl (C=O) groups excluding carboxylic acids is 1. The minimum absolute atomic E-state index is 0.217. The summed E-state index contributed by atoms with van der Waals surface area (Å²) in [5, 5.41) is 0. The zero-order valence-electron chi connectivity index (χ0n) is 9.87. The minimum atomic E-state index is -3.23. The predicted octanol–water partition coefficient (Wildman–Crippen LogP) is 0.374. The average molecular weight is 270 g/mol. The molecule has 1 amide bonds. The van der Waals surface area contributed by atoms with Crippen molar-refractivity contribution in [3.63, 3.8) is 0 Å². The Morgan fingerprint density at radius 3 is 2.44 bits per heavy atom. The lowest BCUT2D eigenvalue weighted by Gasteiger charge is -2.12. The van der Waals surface area contributed by atoms with E-state index in [1.807, 2.05) is 0 Å². The van der Waals surface area contributed by atoms with E-state index >= 15 is 0 Å². The lowest BCUT2D eigenvalue weighted by atomic mass is 10.3. The van der Waals surface area contributed by atoms with E-state index in [-0.39, 0.29) is 17.5 Å². The summed E-state index contributed by atoms with van der Waals surface area (Å²) in [6.45, 7) is 0.650. The fourth-order valence-electron chi connectivity index (χ4n) is 1.73. The van der Waals surface area contributed by atoms with Crippen molar-refractivity contribution in [1.29, 1.82) is 0 Å². The third-order valence-electron chi connectivity index (χ3n) is 2.71. The molecule has 98 valence electrons. The normalized spacial score (nSPS) is 20.0. The maximum atomic E-state index is 11.6. The molecule has 7 heteroatoms. The van der Waals surface area contributed by atoms with Gasteiger partial charge in [-0.2, -0.15) is 0 Å². The quantitative estimate of drug-likeness (QED) is 0.857. The number of carbonyl (C=O) groups is 1. The van der Waals surface area contributed by atoms with Gasteiger partial charge in [-0.3, -0.25) is 4.90 Å². The summed E-state index contributed by atoms with van der Waals surface area (Å²) in [4.78, 5) is 13.2. The Bertz CT molecular complexity index is 553. The first-order valence-corrected chi connectivity index (χ1v) is 7.29. The molecule has 0 bridgehead atoms. The number of anilines is 1. The van der Waals surface area contributed by atoms with Crippen LogP contribution >= 0.6 is 0 Å². The van der Waals surface area contributed by atoms with Crippen molar-refractivity contribution < 1.29 is 17.9 Å². The molecule has 1 saturated heterocycles. The van der Waals surface area contributed by atoms with Crippen molar-refractivity contribution in [2.45, 2.75) is 11.0 Å². The number of hydrogen-bond acceptors (Lipinski definition) is 5. The van der Waals surface area contributed by atoms with Gasteiger partial charge in [0, 0.05) is 18.5 Å². The van der Waals surface area contributed by atoms with Crippen LogP contribution in [0.4, 0.5) is 10.5 Å². The van der Waals surface area contributed by atoms with Gasteiger partial charge in [0.05, 0.1) is 11.4 Å². The van der Waals surface area contributed by atoms with Gasteiger partial charge in [-0.1, -0.05) is 0 Å². The second-order valence-corrected chi connectivity index (χ2v) is 6.13. The van der Waals surface area contributed by atoms with Gasteiger partial charge in [0.25, 0.3) is 0 Å². The number of cyclic esters (lactones) is 1. The molecule has 0 aromatic heterocycles. The highest BCUT2D eigenvalue weighted by atomic mass is 32.2. The number of nitrogens with two attached hydrogens (primary N) is 1. The van der Waals surface area contributed by atoms with Gasteiger partial charge < -0.3 is 10.5 Å². The van der Waals surface area contributed by atoms with Gasteiger partial charge in [0.15, 0.2) is 9.84 Å². The second-order valence-electron chi connectivity index (χ2n) is 4.12. The number of rotatable bonds is 3. The van der Waals surface area contributed by atoms with Gasteiger partial charge in [-0.15, -0.1) is 0 Å². The number of ether oxygens (including phenoxy) is 1. The molecule has 1 aromatic carbocycles. The van der Waals surface area contributed by atoms with Crippen LogP contribution in [0.25, 0.3) is 0 Å². The molecular formula is C11H14N2O4S. The Labute approximate surface area is 105 Å². The summed E-state index contributed by atoms with van der Waals surface area (Å²) >= 11 is 0. The van der Waals surface area contributed by atoms with Crippen molar-refractivity contribution in [2.75, 3.05) is 24.2 Å². The molecule has 0 spiro atoms. The number of benzene rings is 1. The third kappa shape index (κ3) is 2.46. The lowest BCUT2D eigenvalue weighted by molar-refractivity contribution is 0.145. The van der Waals surface area contributed by atoms with Crippen molar-refractivity contribution >= 4 is 21.6 Å². The van der Waals surface area contributed by atoms with Crippen LogP contribution < -0.4 is 10.6 Å². The van der Waals surface area contributed by atoms with E-state index in [4.69, 9.17) is 10.5 Å². The zero-order valence-corrected chi connectivity index (χ0v) is 10.7. The Morgan fingerprint density at radius 2 is 2.00 bits per heavy atom. The Kier molecular flexibility index (Phi) is 3.27. The molecule has 18 heavy (non-hydrogen) atoms. The highest BCUT2D eigenvalue weighted by molar-refractivity contribution is 7.90. The van der Waals surface area contributed by atoms with Gasteiger partial charge in [0.2, 0.25) is 0 Å². The fraction of sp³-hybridized carbons (Fsp3) is 0.364. The molecule has 2 rings (SSSR count). The lowest BCUT2D eigenvalue weighted by Crippen LogP contribution is -2.27. The summed E-state index contributed by atoms with van der Waals surface area (Å²) in [6, 6.07) is 6.09. The van der Waals surface area contributed by atoms with E-state index < -0.39 is 15.9 Å². The highest BCUT2D eigenvalue weighted by Crippen LogP contribution is 2.22. The molecule has 0 saturated carbocycles. The summed E-state index contributed by atoms with van der Waals surface area (Å²) in [5.74, 6) is 0. The average Bonchev–Trinajstić information content (AvgIpc) is 2.70. The standard InChI is InChI=1S/C11H14N2O4S/c1-18(15,16)10-4-2-8(3-5-10)13-7-9(6-12)17-11(13)14/h2-5,9H,6-7,12H2,1H3/t9-/m0/s1. The first-order chi connectivity index (χ1) is 8.41. The molecule has 1 fully saturated rings. The van der Waals surface area contributed by atoms with Crippen LogP contribution in [-0.4, -0.2) is 40.0 Å². The van der Waals surface area contributed by atoms with E-state index in [9.17, 15) is 13.2 Å². The van der Waals surface area contributed by atoms with Crippen molar-refractivity contribution in [3.05, 3.63) is 24.3 Å². The first-order valence-electron chi connectivity index (χ1n) is 5.40. The SMILES string of the molecule is CS(=O)(=O)c1ccc(N2C[C@H](CN)OC2=O)cc1. The van der Waals surface area contributed by atoms with Crippen molar-refractivity contribution in [2.24, 2.45) is 5.73 Å². The minimum Gasteiger partial charge on any atom is -0.443 e. The third-order valence-corrected chi connectivity index (χ3v) is 3.84. The van der Waals surface area contributed by atoms with Gasteiger partial charge in [0.1, 0.15) is 6.10 Å². The molecule has 0 radical (unpaired) electrons. The van der Waals surface area contributed by atoms with Crippen LogP contribution in [0.15, 0.2) is 29.2 Å². The van der Waals surface area contributed by atoms with Crippen molar-refractivity contribution in [1.82, 2.24) is 0 Å². The predicted molar refractivity (Wildman–Crippen MR) is 66.2 cm³/mol. The van der Waals surface area contributed by atoms with Crippen LogP contribution in [0, 0.1) is 0 Å². The molecule has 1 heterocycles. The zero-order chi connectivity index (χ0) is 13.3. The first kappa shape index (κ1) is 12.8. The van der Waals surface area contributed by atoms with Gasteiger partial charge >= 0.3 is 6.09 Å². The Morgan fingerprint density at radius 1 is 1.39 bits per heavy atom. The summed E-state index contributed by atoms with van der Waals surface area (Å²) in [6.07, 6.45) is 0.362. The summed E-state index contributed by atoms with van der Waals surface area (Å²) < 4.78 is 27.6. The molecule has 1 aliphatic rings. The topological polar surface area (TPSA) is 89.7 Å². The van der Waals surface area contributed by atoms with E-state index in [0.29, 0.717) is 12.2 Å². The number of sulfone groups is 1.